The molecule has 0 bridgehead atoms. The Balaban J connectivity index is 2.09. The molecule has 116 valence electrons. The molecule has 1 nitrogen and oxygen atoms in total. The number of likely N-dealkylation sites (N-methyl/N-ethyl adjacent to an activating group) is 1. The molecule has 0 aliphatic rings. The van der Waals surface area contributed by atoms with Crippen molar-refractivity contribution in [2.24, 2.45) is 0 Å². The number of halogens is 1. The first kappa shape index (κ1) is 16.4. The third-order valence-corrected chi connectivity index (χ3v) is 4.07. The number of nitrogens with zero attached hydrogens (tertiary/aromatic N) is 1. The first-order valence-electron chi connectivity index (χ1n) is 7.78. The normalized spacial score (nSPS) is 12.4. The summed E-state index contributed by atoms with van der Waals surface area (Å²) in [5, 5.41) is 0. The van der Waals surface area contributed by atoms with Gasteiger partial charge in [-0.2, -0.15) is 0 Å². The summed E-state index contributed by atoms with van der Waals surface area (Å²) < 4.78 is 13.0. The molecule has 2 aromatic carbocycles. The number of rotatable bonds is 6. The van der Waals surface area contributed by atoms with Crippen molar-refractivity contribution in [2.45, 2.75) is 27.3 Å². The van der Waals surface area contributed by atoms with E-state index >= 15 is 0 Å². The first-order chi connectivity index (χ1) is 10.6. The highest BCUT2D eigenvalue weighted by Gasteiger charge is 2.07. The second-order valence-corrected chi connectivity index (χ2v) is 5.70. The number of benzene rings is 2. The molecule has 0 atom stereocenters. The lowest BCUT2D eigenvalue weighted by molar-refractivity contribution is 0.304. The fraction of sp³-hybridized carbons (Fsp3) is 0.300. The molecular weight excluding hydrogens is 273 g/mol. The molecule has 0 radical (unpaired) electrons. The standard InChI is InChI=1S/C20H24FN/c1-4-22(15-18-8-6-5-7-9-18)14-16(2)17(3)19-10-12-20(21)13-11-19/h5-13H,4,14-15H2,1-3H3/b17-16-. The van der Waals surface area contributed by atoms with Crippen molar-refractivity contribution in [1.29, 1.82) is 0 Å². The van der Waals surface area contributed by atoms with Crippen molar-refractivity contribution < 1.29 is 4.39 Å². The van der Waals surface area contributed by atoms with Crippen LogP contribution in [0.25, 0.3) is 5.57 Å². The van der Waals surface area contributed by atoms with E-state index in [1.54, 1.807) is 0 Å². The molecule has 2 aromatic rings. The maximum absolute atomic E-state index is 13.0. The third-order valence-electron chi connectivity index (χ3n) is 4.07. The fourth-order valence-electron chi connectivity index (χ4n) is 2.52. The Morgan fingerprint density at radius 1 is 0.955 bits per heavy atom. The molecule has 0 saturated carbocycles. The molecule has 2 rings (SSSR count). The van der Waals surface area contributed by atoms with Gasteiger partial charge in [0.2, 0.25) is 0 Å². The van der Waals surface area contributed by atoms with E-state index in [1.807, 2.05) is 18.2 Å². The average Bonchev–Trinajstić information content (AvgIpc) is 2.55. The van der Waals surface area contributed by atoms with Gasteiger partial charge in [0.25, 0.3) is 0 Å². The summed E-state index contributed by atoms with van der Waals surface area (Å²) in [4.78, 5) is 2.41. The van der Waals surface area contributed by atoms with Gasteiger partial charge in [-0.15, -0.1) is 0 Å². The van der Waals surface area contributed by atoms with Crippen molar-refractivity contribution in [3.05, 3.63) is 77.1 Å². The monoisotopic (exact) mass is 297 g/mol. The lowest BCUT2D eigenvalue weighted by atomic mass is 10.0. The molecule has 2 heteroatoms. The van der Waals surface area contributed by atoms with Crippen LogP contribution in [0.3, 0.4) is 0 Å². The molecule has 0 aliphatic heterocycles. The third kappa shape index (κ3) is 4.54. The van der Waals surface area contributed by atoms with E-state index in [2.05, 4.69) is 49.9 Å². The summed E-state index contributed by atoms with van der Waals surface area (Å²) in [7, 11) is 0. The molecule has 0 heterocycles. The summed E-state index contributed by atoms with van der Waals surface area (Å²) in [6.45, 7) is 9.33. The van der Waals surface area contributed by atoms with Crippen LogP contribution in [-0.2, 0) is 6.54 Å². The van der Waals surface area contributed by atoms with Crippen LogP contribution in [0.4, 0.5) is 4.39 Å². The minimum Gasteiger partial charge on any atom is -0.295 e. The van der Waals surface area contributed by atoms with Gasteiger partial charge < -0.3 is 0 Å². The smallest absolute Gasteiger partial charge is 0.123 e. The number of allylic oxidation sites excluding steroid dienone is 1. The highest BCUT2D eigenvalue weighted by atomic mass is 19.1. The van der Waals surface area contributed by atoms with E-state index in [0.717, 1.165) is 25.2 Å². The molecule has 22 heavy (non-hydrogen) atoms. The minimum atomic E-state index is -0.187. The van der Waals surface area contributed by atoms with Crippen molar-refractivity contribution in [3.8, 4) is 0 Å². The molecule has 0 saturated heterocycles. The molecule has 0 N–H and O–H groups in total. The number of hydrogen-bond acceptors (Lipinski definition) is 1. The van der Waals surface area contributed by atoms with E-state index in [4.69, 9.17) is 0 Å². The van der Waals surface area contributed by atoms with Crippen LogP contribution in [0.1, 0.15) is 31.9 Å². The van der Waals surface area contributed by atoms with Gasteiger partial charge in [0.15, 0.2) is 0 Å². The van der Waals surface area contributed by atoms with Crippen LogP contribution >= 0.6 is 0 Å². The Morgan fingerprint density at radius 2 is 1.59 bits per heavy atom. The molecular formula is C20H24FN. The van der Waals surface area contributed by atoms with Crippen LogP contribution in [0.15, 0.2) is 60.2 Å². The maximum Gasteiger partial charge on any atom is 0.123 e. The van der Waals surface area contributed by atoms with E-state index < -0.39 is 0 Å². The van der Waals surface area contributed by atoms with Gasteiger partial charge in [-0.05, 0) is 49.2 Å². The van der Waals surface area contributed by atoms with Crippen molar-refractivity contribution in [1.82, 2.24) is 4.90 Å². The van der Waals surface area contributed by atoms with Crippen molar-refractivity contribution in [2.75, 3.05) is 13.1 Å². The Hall–Kier alpha value is -1.93. The Morgan fingerprint density at radius 3 is 2.18 bits per heavy atom. The van der Waals surface area contributed by atoms with Crippen LogP contribution in [0.2, 0.25) is 0 Å². The minimum absolute atomic E-state index is 0.187. The summed E-state index contributed by atoms with van der Waals surface area (Å²) in [6.07, 6.45) is 0. The first-order valence-corrected chi connectivity index (χ1v) is 7.78. The topological polar surface area (TPSA) is 3.24 Å². The van der Waals surface area contributed by atoms with Crippen LogP contribution in [0.5, 0.6) is 0 Å². The van der Waals surface area contributed by atoms with Crippen LogP contribution in [0, 0.1) is 5.82 Å². The van der Waals surface area contributed by atoms with Crippen LogP contribution in [-0.4, -0.2) is 18.0 Å². The molecule has 0 spiro atoms. The van der Waals surface area contributed by atoms with Crippen molar-refractivity contribution >= 4 is 5.57 Å². The lowest BCUT2D eigenvalue weighted by Crippen LogP contribution is -2.25. The fourth-order valence-corrected chi connectivity index (χ4v) is 2.52. The average molecular weight is 297 g/mol. The summed E-state index contributed by atoms with van der Waals surface area (Å²) in [6, 6.07) is 17.3. The predicted octanol–water partition coefficient (Wildman–Crippen LogP) is 5.14. The molecule has 0 fully saturated rings. The van der Waals surface area contributed by atoms with Gasteiger partial charge >= 0.3 is 0 Å². The highest BCUT2D eigenvalue weighted by Crippen LogP contribution is 2.19. The molecule has 0 unspecified atom stereocenters. The highest BCUT2D eigenvalue weighted by molar-refractivity contribution is 5.66. The maximum atomic E-state index is 13.0. The largest absolute Gasteiger partial charge is 0.295 e. The van der Waals surface area contributed by atoms with E-state index in [-0.39, 0.29) is 5.82 Å². The molecule has 0 aromatic heterocycles. The second-order valence-electron chi connectivity index (χ2n) is 5.70. The predicted molar refractivity (Wildman–Crippen MR) is 92.1 cm³/mol. The van der Waals surface area contributed by atoms with Gasteiger partial charge in [0.1, 0.15) is 5.82 Å². The van der Waals surface area contributed by atoms with Crippen LogP contribution < -0.4 is 0 Å². The zero-order valence-corrected chi connectivity index (χ0v) is 13.6. The van der Waals surface area contributed by atoms with Gasteiger partial charge in [-0.25, -0.2) is 4.39 Å². The SMILES string of the molecule is CCN(C/C(C)=C(/C)c1ccc(F)cc1)Cc1ccccc1. The van der Waals surface area contributed by atoms with E-state index in [9.17, 15) is 4.39 Å². The van der Waals surface area contributed by atoms with Gasteiger partial charge in [-0.1, -0.05) is 55.0 Å². The molecule has 0 aliphatic carbocycles. The molecule has 0 amide bonds. The lowest BCUT2D eigenvalue weighted by Gasteiger charge is -2.22. The van der Waals surface area contributed by atoms with Gasteiger partial charge in [-0.3, -0.25) is 4.90 Å². The second kappa shape index (κ2) is 7.90. The zero-order chi connectivity index (χ0) is 15.9. The van der Waals surface area contributed by atoms with E-state index in [1.165, 1.54) is 28.8 Å². The zero-order valence-electron chi connectivity index (χ0n) is 13.6. The van der Waals surface area contributed by atoms with Gasteiger partial charge in [0, 0.05) is 13.1 Å². The van der Waals surface area contributed by atoms with Crippen molar-refractivity contribution in [3.63, 3.8) is 0 Å². The summed E-state index contributed by atoms with van der Waals surface area (Å²) in [5.41, 5.74) is 4.97. The quantitative estimate of drug-likeness (QED) is 0.713. The Labute approximate surface area is 133 Å². The van der Waals surface area contributed by atoms with E-state index in [0.29, 0.717) is 0 Å². The summed E-state index contributed by atoms with van der Waals surface area (Å²) in [5.74, 6) is -0.187. The Kier molecular flexibility index (Phi) is 5.91. The van der Waals surface area contributed by atoms with Gasteiger partial charge in [0.05, 0.1) is 0 Å². The Bertz CT molecular complexity index is 614. The summed E-state index contributed by atoms with van der Waals surface area (Å²) >= 11 is 0. The number of hydrogen-bond donors (Lipinski definition) is 0.